The normalized spacial score (nSPS) is 40.9. The Kier molecular flexibility index (Phi) is 2.37. The van der Waals surface area contributed by atoms with Crippen molar-refractivity contribution >= 4 is 16.8 Å². The van der Waals surface area contributed by atoms with Gasteiger partial charge in [0, 0.05) is 6.04 Å². The van der Waals surface area contributed by atoms with Gasteiger partial charge in [-0.3, -0.25) is 4.79 Å². The lowest BCUT2D eigenvalue weighted by molar-refractivity contribution is -0.113. The maximum absolute atomic E-state index is 10.9. The fourth-order valence-electron chi connectivity index (χ4n) is 2.50. The van der Waals surface area contributed by atoms with Crippen LogP contribution in [0.15, 0.2) is 0 Å². The van der Waals surface area contributed by atoms with Gasteiger partial charge in [-0.05, 0) is 36.8 Å². The molecule has 12 heavy (non-hydrogen) atoms. The molecule has 68 valence electrons. The molecule has 0 radical (unpaired) electrons. The van der Waals surface area contributed by atoms with Crippen molar-refractivity contribution in [1.82, 2.24) is 5.32 Å². The quantitative estimate of drug-likeness (QED) is 0.633. The van der Waals surface area contributed by atoms with Gasteiger partial charge in [0.2, 0.25) is 5.24 Å². The van der Waals surface area contributed by atoms with Crippen molar-refractivity contribution < 1.29 is 4.79 Å². The molecule has 0 amide bonds. The Hall–Kier alpha value is -0.0800. The van der Waals surface area contributed by atoms with Gasteiger partial charge in [-0.2, -0.15) is 0 Å². The molecule has 1 saturated carbocycles. The van der Waals surface area contributed by atoms with E-state index in [0.29, 0.717) is 12.0 Å². The van der Waals surface area contributed by atoms with Crippen molar-refractivity contribution in [3.8, 4) is 0 Å². The predicted octanol–water partition coefficient (Wildman–Crippen LogP) is 1.67. The molecule has 0 bridgehead atoms. The van der Waals surface area contributed by atoms with Crippen LogP contribution in [0.4, 0.5) is 0 Å². The number of rotatable bonds is 1. The van der Waals surface area contributed by atoms with Gasteiger partial charge < -0.3 is 5.32 Å². The molecule has 2 nitrogen and oxygen atoms in total. The third-order valence-electron chi connectivity index (χ3n) is 3.14. The Morgan fingerprint density at radius 2 is 2.08 bits per heavy atom. The Balaban J connectivity index is 1.98. The second-order valence-corrected chi connectivity index (χ2v) is 4.28. The lowest BCUT2D eigenvalue weighted by atomic mass is 9.85. The fourth-order valence-corrected chi connectivity index (χ4v) is 2.65. The molecular weight excluding hydrogens is 174 g/mol. The highest BCUT2D eigenvalue weighted by Gasteiger charge is 2.37. The van der Waals surface area contributed by atoms with Crippen molar-refractivity contribution in [3.05, 3.63) is 0 Å². The van der Waals surface area contributed by atoms with E-state index in [1.54, 1.807) is 0 Å². The van der Waals surface area contributed by atoms with E-state index in [9.17, 15) is 4.79 Å². The van der Waals surface area contributed by atoms with E-state index >= 15 is 0 Å². The Morgan fingerprint density at radius 1 is 1.33 bits per heavy atom. The van der Waals surface area contributed by atoms with Crippen molar-refractivity contribution in [2.24, 2.45) is 5.92 Å². The first-order valence-corrected chi connectivity index (χ1v) is 5.10. The molecule has 3 atom stereocenters. The summed E-state index contributed by atoms with van der Waals surface area (Å²) in [6.45, 7) is 0. The molecular formula is C9H14ClNO. The van der Waals surface area contributed by atoms with E-state index in [2.05, 4.69) is 5.32 Å². The third kappa shape index (κ3) is 1.50. The zero-order valence-corrected chi connectivity index (χ0v) is 7.81. The molecule has 0 spiro atoms. The van der Waals surface area contributed by atoms with Gasteiger partial charge in [0.05, 0.1) is 6.04 Å². The van der Waals surface area contributed by atoms with E-state index in [4.69, 9.17) is 11.6 Å². The van der Waals surface area contributed by atoms with E-state index in [0.717, 1.165) is 6.42 Å². The average Bonchev–Trinajstić information content (AvgIpc) is 2.46. The van der Waals surface area contributed by atoms with Crippen LogP contribution in [0, 0.1) is 5.92 Å². The summed E-state index contributed by atoms with van der Waals surface area (Å²) in [6, 6.07) is 0.520. The number of carbonyl (C=O) groups excluding carboxylic acids is 1. The molecule has 3 heteroatoms. The van der Waals surface area contributed by atoms with Crippen molar-refractivity contribution in [2.75, 3.05) is 0 Å². The zero-order chi connectivity index (χ0) is 8.55. The van der Waals surface area contributed by atoms with Gasteiger partial charge in [-0.1, -0.05) is 12.8 Å². The monoisotopic (exact) mass is 187 g/mol. The highest BCUT2D eigenvalue weighted by atomic mass is 35.5. The van der Waals surface area contributed by atoms with E-state index in [-0.39, 0.29) is 11.3 Å². The number of hydrogen-bond acceptors (Lipinski definition) is 2. The van der Waals surface area contributed by atoms with Crippen LogP contribution in [0.3, 0.4) is 0 Å². The molecule has 1 aliphatic heterocycles. The maximum atomic E-state index is 10.9. The minimum Gasteiger partial charge on any atom is -0.303 e. The second kappa shape index (κ2) is 3.35. The van der Waals surface area contributed by atoms with Gasteiger partial charge in [-0.15, -0.1) is 0 Å². The van der Waals surface area contributed by atoms with Gasteiger partial charge in [0.25, 0.3) is 0 Å². The summed E-state index contributed by atoms with van der Waals surface area (Å²) in [5.41, 5.74) is 0. The van der Waals surface area contributed by atoms with Crippen LogP contribution in [0.25, 0.3) is 0 Å². The summed E-state index contributed by atoms with van der Waals surface area (Å²) >= 11 is 5.45. The predicted molar refractivity (Wildman–Crippen MR) is 48.1 cm³/mol. The van der Waals surface area contributed by atoms with Crippen LogP contribution in [-0.4, -0.2) is 17.3 Å². The summed E-state index contributed by atoms with van der Waals surface area (Å²) in [5.74, 6) is 0.714. The fraction of sp³-hybridized carbons (Fsp3) is 0.889. The van der Waals surface area contributed by atoms with Gasteiger partial charge in [0.1, 0.15) is 0 Å². The summed E-state index contributed by atoms with van der Waals surface area (Å²) in [7, 11) is 0. The van der Waals surface area contributed by atoms with Crippen molar-refractivity contribution in [3.63, 3.8) is 0 Å². The molecule has 1 heterocycles. The number of fused-ring (bicyclic) bond motifs is 1. The summed E-state index contributed by atoms with van der Waals surface area (Å²) in [6.07, 6.45) is 6.10. The van der Waals surface area contributed by atoms with Crippen LogP contribution >= 0.6 is 11.6 Å². The first-order chi connectivity index (χ1) is 5.77. The molecule has 3 unspecified atom stereocenters. The van der Waals surface area contributed by atoms with E-state index < -0.39 is 0 Å². The van der Waals surface area contributed by atoms with E-state index in [1.165, 1.54) is 25.7 Å². The van der Waals surface area contributed by atoms with E-state index in [1.807, 2.05) is 0 Å². The molecule has 0 aromatic carbocycles. The average molecular weight is 188 g/mol. The smallest absolute Gasteiger partial charge is 0.238 e. The van der Waals surface area contributed by atoms with Crippen molar-refractivity contribution in [2.45, 2.75) is 44.2 Å². The molecule has 2 aliphatic rings. The summed E-state index contributed by atoms with van der Waals surface area (Å²) < 4.78 is 0. The lowest BCUT2D eigenvalue weighted by Crippen LogP contribution is -2.35. The largest absolute Gasteiger partial charge is 0.303 e. The SMILES string of the molecule is O=C(Cl)C1CC2CCCCC2N1. The standard InChI is InChI=1S/C9H14ClNO/c10-9(12)8-5-6-3-1-2-4-7(6)11-8/h6-8,11H,1-5H2. The highest BCUT2D eigenvalue weighted by Crippen LogP contribution is 2.33. The minimum atomic E-state index is -0.204. The first-order valence-electron chi connectivity index (χ1n) is 4.73. The highest BCUT2D eigenvalue weighted by molar-refractivity contribution is 6.64. The lowest BCUT2D eigenvalue weighted by Gasteiger charge is -2.24. The molecule has 1 saturated heterocycles. The second-order valence-electron chi connectivity index (χ2n) is 3.91. The number of hydrogen-bond donors (Lipinski definition) is 1. The van der Waals surface area contributed by atoms with Crippen LogP contribution in [0.5, 0.6) is 0 Å². The summed E-state index contributed by atoms with van der Waals surface area (Å²) in [4.78, 5) is 10.9. The van der Waals surface area contributed by atoms with Crippen LogP contribution in [0.1, 0.15) is 32.1 Å². The van der Waals surface area contributed by atoms with Gasteiger partial charge in [0.15, 0.2) is 0 Å². The van der Waals surface area contributed by atoms with Gasteiger partial charge in [-0.25, -0.2) is 0 Å². The van der Waals surface area contributed by atoms with Gasteiger partial charge >= 0.3 is 0 Å². The Bertz CT molecular complexity index is 181. The molecule has 0 aromatic heterocycles. The Labute approximate surface area is 77.7 Å². The molecule has 1 N–H and O–H groups in total. The Morgan fingerprint density at radius 3 is 2.75 bits per heavy atom. The van der Waals surface area contributed by atoms with Crippen LogP contribution in [-0.2, 0) is 4.79 Å². The number of carbonyl (C=O) groups is 1. The van der Waals surface area contributed by atoms with Crippen LogP contribution < -0.4 is 5.32 Å². The maximum Gasteiger partial charge on any atom is 0.238 e. The third-order valence-corrected chi connectivity index (χ3v) is 3.40. The topological polar surface area (TPSA) is 29.1 Å². The number of halogens is 1. The molecule has 1 aliphatic carbocycles. The first kappa shape index (κ1) is 8.52. The van der Waals surface area contributed by atoms with Crippen molar-refractivity contribution in [1.29, 1.82) is 0 Å². The van der Waals surface area contributed by atoms with Crippen LogP contribution in [0.2, 0.25) is 0 Å². The summed E-state index contributed by atoms with van der Waals surface area (Å²) in [5, 5.41) is 3.11. The minimum absolute atomic E-state index is 0.0558. The number of nitrogens with one attached hydrogen (secondary N) is 1. The molecule has 0 aromatic rings. The molecule has 2 fully saturated rings. The zero-order valence-electron chi connectivity index (χ0n) is 7.05. The molecule has 2 rings (SSSR count).